The predicted molar refractivity (Wildman–Crippen MR) is 80.0 cm³/mol. The molecule has 1 aromatic rings. The molecule has 4 nitrogen and oxygen atoms in total. The van der Waals surface area contributed by atoms with Crippen molar-refractivity contribution in [2.24, 2.45) is 10.9 Å². The first-order chi connectivity index (χ1) is 9.24. The molecule has 0 atom stereocenters. The summed E-state index contributed by atoms with van der Waals surface area (Å²) in [5.74, 6) is 6.70. The van der Waals surface area contributed by atoms with Crippen LogP contribution in [0.25, 0.3) is 0 Å². The summed E-state index contributed by atoms with van der Waals surface area (Å²) in [6.07, 6.45) is 6.60. The van der Waals surface area contributed by atoms with Crippen LogP contribution in [0.1, 0.15) is 38.2 Å². The van der Waals surface area contributed by atoms with Crippen molar-refractivity contribution < 1.29 is 9.47 Å². The number of nitrogens with zero attached hydrogens (tertiary/aromatic N) is 1. The number of halogens is 1. The van der Waals surface area contributed by atoms with Crippen molar-refractivity contribution in [2.75, 3.05) is 6.61 Å². The summed E-state index contributed by atoms with van der Waals surface area (Å²) in [6, 6.07) is 3.83. The number of hydrazone groups is 1. The van der Waals surface area contributed by atoms with Crippen molar-refractivity contribution in [1.29, 1.82) is 0 Å². The molecule has 0 spiro atoms. The summed E-state index contributed by atoms with van der Waals surface area (Å²) in [5, 5.41) is 3.54. The van der Waals surface area contributed by atoms with E-state index in [9.17, 15) is 0 Å². The van der Waals surface area contributed by atoms with Crippen LogP contribution in [-0.2, 0) is 0 Å². The quantitative estimate of drug-likeness (QED) is 0.512. The van der Waals surface area contributed by atoms with E-state index in [1.54, 1.807) is 6.21 Å². The van der Waals surface area contributed by atoms with Crippen molar-refractivity contribution in [1.82, 2.24) is 0 Å². The molecule has 0 amide bonds. The molecular weight excluding hydrogens is 308 g/mol. The van der Waals surface area contributed by atoms with Crippen molar-refractivity contribution in [3.63, 3.8) is 0 Å². The van der Waals surface area contributed by atoms with Gasteiger partial charge in [-0.1, -0.05) is 0 Å². The first-order valence-corrected chi connectivity index (χ1v) is 7.40. The molecule has 0 radical (unpaired) electrons. The third kappa shape index (κ3) is 3.62. The lowest BCUT2D eigenvalue weighted by molar-refractivity contribution is 0.195. The summed E-state index contributed by atoms with van der Waals surface area (Å²) in [5.41, 5.74) is 0.886. The topological polar surface area (TPSA) is 56.8 Å². The molecule has 0 aromatic heterocycles. The zero-order chi connectivity index (χ0) is 13.7. The normalized spacial score (nSPS) is 16.1. The highest BCUT2D eigenvalue weighted by molar-refractivity contribution is 9.10. The van der Waals surface area contributed by atoms with Crippen molar-refractivity contribution in [2.45, 2.75) is 38.7 Å². The van der Waals surface area contributed by atoms with Gasteiger partial charge in [0.1, 0.15) is 0 Å². The monoisotopic (exact) mass is 326 g/mol. The van der Waals surface area contributed by atoms with Gasteiger partial charge in [0, 0.05) is 0 Å². The van der Waals surface area contributed by atoms with E-state index in [4.69, 9.17) is 15.3 Å². The molecule has 0 saturated heterocycles. The zero-order valence-electron chi connectivity index (χ0n) is 11.1. The molecule has 1 fully saturated rings. The smallest absolute Gasteiger partial charge is 0.175 e. The lowest BCUT2D eigenvalue weighted by Crippen LogP contribution is -2.12. The molecule has 104 valence electrons. The first-order valence-electron chi connectivity index (χ1n) is 6.60. The summed E-state index contributed by atoms with van der Waals surface area (Å²) >= 11 is 3.54. The highest BCUT2D eigenvalue weighted by Gasteiger charge is 2.20. The molecule has 0 aliphatic heterocycles. The average molecular weight is 327 g/mol. The lowest BCUT2D eigenvalue weighted by Gasteiger charge is -2.18. The number of hydrogen-bond donors (Lipinski definition) is 1. The van der Waals surface area contributed by atoms with Crippen molar-refractivity contribution in [3.8, 4) is 11.5 Å². The van der Waals surface area contributed by atoms with Crippen LogP contribution in [0.15, 0.2) is 21.7 Å². The Hall–Kier alpha value is -1.23. The molecule has 1 aliphatic carbocycles. The number of ether oxygens (including phenoxy) is 2. The van der Waals surface area contributed by atoms with E-state index in [0.717, 1.165) is 34.4 Å². The Kier molecular flexibility index (Phi) is 5.07. The summed E-state index contributed by atoms with van der Waals surface area (Å²) < 4.78 is 12.6. The average Bonchev–Trinajstić information content (AvgIpc) is 2.87. The van der Waals surface area contributed by atoms with Gasteiger partial charge in [0.15, 0.2) is 11.5 Å². The van der Waals surface area contributed by atoms with E-state index < -0.39 is 0 Å². The van der Waals surface area contributed by atoms with Gasteiger partial charge in [-0.25, -0.2) is 0 Å². The fraction of sp³-hybridized carbons (Fsp3) is 0.500. The fourth-order valence-electron chi connectivity index (χ4n) is 2.30. The molecule has 0 heterocycles. The number of rotatable bonds is 5. The van der Waals surface area contributed by atoms with Crippen molar-refractivity contribution >= 4 is 22.1 Å². The molecular formula is C14H19BrN2O2. The maximum atomic E-state index is 6.08. The minimum atomic E-state index is 0.296. The number of benzene rings is 1. The van der Waals surface area contributed by atoms with Crippen LogP contribution >= 0.6 is 15.9 Å². The van der Waals surface area contributed by atoms with Gasteiger partial charge in [-0.3, -0.25) is 0 Å². The van der Waals surface area contributed by atoms with Crippen LogP contribution in [0.3, 0.4) is 0 Å². The van der Waals surface area contributed by atoms with Gasteiger partial charge in [0.25, 0.3) is 0 Å². The van der Waals surface area contributed by atoms with Gasteiger partial charge in [-0.15, -0.1) is 0 Å². The third-order valence-electron chi connectivity index (χ3n) is 3.14. The summed E-state index contributed by atoms with van der Waals surface area (Å²) in [6.45, 7) is 2.55. The van der Waals surface area contributed by atoms with Gasteiger partial charge >= 0.3 is 0 Å². The molecule has 19 heavy (non-hydrogen) atoms. The molecule has 2 N–H and O–H groups in total. The third-order valence-corrected chi connectivity index (χ3v) is 3.73. The molecule has 5 heteroatoms. The van der Waals surface area contributed by atoms with E-state index in [0.29, 0.717) is 12.7 Å². The summed E-state index contributed by atoms with van der Waals surface area (Å²) in [7, 11) is 0. The standard InChI is InChI=1S/C14H19BrN2O2/c1-2-18-13-8-10(9-17-16)7-12(15)14(13)19-11-5-3-4-6-11/h7-9,11H,2-6,16H2,1H3. The molecule has 0 unspecified atom stereocenters. The Morgan fingerprint density at radius 3 is 2.79 bits per heavy atom. The summed E-state index contributed by atoms with van der Waals surface area (Å²) in [4.78, 5) is 0. The molecule has 2 rings (SSSR count). The lowest BCUT2D eigenvalue weighted by atomic mass is 10.2. The molecule has 0 bridgehead atoms. The van der Waals surface area contributed by atoms with E-state index >= 15 is 0 Å². The van der Waals surface area contributed by atoms with E-state index in [1.807, 2.05) is 19.1 Å². The van der Waals surface area contributed by atoms with Gasteiger partial charge in [0.05, 0.1) is 23.4 Å². The maximum absolute atomic E-state index is 6.08. The minimum absolute atomic E-state index is 0.296. The Morgan fingerprint density at radius 1 is 1.42 bits per heavy atom. The highest BCUT2D eigenvalue weighted by Crippen LogP contribution is 2.39. The van der Waals surface area contributed by atoms with E-state index in [-0.39, 0.29) is 0 Å². The van der Waals surface area contributed by atoms with Crippen LogP contribution in [-0.4, -0.2) is 18.9 Å². The zero-order valence-corrected chi connectivity index (χ0v) is 12.6. The number of hydrogen-bond acceptors (Lipinski definition) is 4. The van der Waals surface area contributed by atoms with Crippen LogP contribution in [0.5, 0.6) is 11.5 Å². The predicted octanol–water partition coefficient (Wildman–Crippen LogP) is 3.46. The van der Waals surface area contributed by atoms with Crippen molar-refractivity contribution in [3.05, 3.63) is 22.2 Å². The SMILES string of the molecule is CCOc1cc(C=NN)cc(Br)c1OC1CCCC1. The Morgan fingerprint density at radius 2 is 2.16 bits per heavy atom. The Bertz CT molecular complexity index is 457. The second kappa shape index (κ2) is 6.80. The Labute approximate surface area is 122 Å². The van der Waals surface area contributed by atoms with Crippen LogP contribution in [0.4, 0.5) is 0 Å². The second-order valence-corrected chi connectivity index (χ2v) is 5.42. The van der Waals surface area contributed by atoms with Crippen LogP contribution in [0.2, 0.25) is 0 Å². The highest BCUT2D eigenvalue weighted by atomic mass is 79.9. The second-order valence-electron chi connectivity index (χ2n) is 4.57. The van der Waals surface area contributed by atoms with Gasteiger partial charge in [0.2, 0.25) is 0 Å². The van der Waals surface area contributed by atoms with E-state index in [1.165, 1.54) is 12.8 Å². The maximum Gasteiger partial charge on any atom is 0.175 e. The van der Waals surface area contributed by atoms with Gasteiger partial charge in [-0.2, -0.15) is 5.10 Å². The minimum Gasteiger partial charge on any atom is -0.490 e. The fourth-order valence-corrected chi connectivity index (χ4v) is 2.85. The number of nitrogens with two attached hydrogens (primary N) is 1. The van der Waals surface area contributed by atoms with E-state index in [2.05, 4.69) is 21.0 Å². The van der Waals surface area contributed by atoms with Crippen LogP contribution < -0.4 is 15.3 Å². The molecule has 1 saturated carbocycles. The molecule has 1 aromatic carbocycles. The Balaban J connectivity index is 2.28. The van der Waals surface area contributed by atoms with Crippen LogP contribution in [0, 0.1) is 0 Å². The molecule has 1 aliphatic rings. The van der Waals surface area contributed by atoms with Gasteiger partial charge < -0.3 is 15.3 Å². The van der Waals surface area contributed by atoms with Gasteiger partial charge in [-0.05, 0) is 66.2 Å². The largest absolute Gasteiger partial charge is 0.490 e. The first kappa shape index (κ1) is 14.2.